The molecule has 0 amide bonds. The smallest absolute Gasteiger partial charge is 0.257 e. The van der Waals surface area contributed by atoms with Crippen molar-refractivity contribution in [1.29, 1.82) is 0 Å². The molecule has 0 aromatic heterocycles. The van der Waals surface area contributed by atoms with Gasteiger partial charge in [0, 0.05) is 0 Å². The zero-order valence-electron chi connectivity index (χ0n) is 3.38. The molecule has 0 radical (unpaired) electrons. The number of nitrogens with two attached hydrogens (primary N) is 2. The minimum Gasteiger partial charge on any atom is -0.257 e. The summed E-state index contributed by atoms with van der Waals surface area (Å²) in [6.07, 6.45) is 0. The molecule has 0 atom stereocenters. The summed E-state index contributed by atoms with van der Waals surface area (Å²) in [5, 5.41) is 0. The Labute approximate surface area is 41.0 Å². The molecule has 0 rings (SSSR count). The average molecular weight is 126 g/mol. The second-order valence-electron chi connectivity index (χ2n) is 0.739. The van der Waals surface area contributed by atoms with E-state index >= 15 is 0 Å². The van der Waals surface area contributed by atoms with Gasteiger partial charge >= 0.3 is 10.2 Å². The Balaban J connectivity index is 3.89. The van der Waals surface area contributed by atoms with Crippen molar-refractivity contribution >= 4 is 10.2 Å². The molecule has 0 aromatic rings. The van der Waals surface area contributed by atoms with Gasteiger partial charge in [0.1, 0.15) is 0 Å². The molecular weight excluding hydrogens is 120 g/mol. The fourth-order valence-electron chi connectivity index (χ4n) is 0.0340. The van der Waals surface area contributed by atoms with E-state index in [2.05, 4.69) is 11.7 Å². The SMILES string of the molecule is NNS(=O)(=O)NN. The van der Waals surface area contributed by atoms with Gasteiger partial charge < -0.3 is 0 Å². The number of rotatable bonds is 2. The van der Waals surface area contributed by atoms with E-state index < -0.39 is 10.2 Å². The van der Waals surface area contributed by atoms with Crippen LogP contribution < -0.4 is 21.3 Å². The molecule has 0 spiro atoms. The lowest BCUT2D eigenvalue weighted by atomic mass is 13.0. The molecule has 0 bridgehead atoms. The van der Waals surface area contributed by atoms with Gasteiger partial charge in [0.15, 0.2) is 0 Å². The fraction of sp³-hybridized carbons (Fsp3) is 0. The second kappa shape index (κ2) is 2.19. The quantitative estimate of drug-likeness (QED) is 0.236. The lowest BCUT2D eigenvalue weighted by Crippen LogP contribution is -2.44. The Kier molecular flexibility index (Phi) is 2.12. The maximum Gasteiger partial charge on any atom is 0.302 e. The summed E-state index contributed by atoms with van der Waals surface area (Å²) in [5.74, 6) is 8.87. The highest BCUT2D eigenvalue weighted by Gasteiger charge is 1.97. The summed E-state index contributed by atoms with van der Waals surface area (Å²) in [7, 11) is -3.60. The van der Waals surface area contributed by atoms with Gasteiger partial charge in [-0.2, -0.15) is 8.42 Å². The first-order chi connectivity index (χ1) is 3.12. The number of hydrazine groups is 2. The summed E-state index contributed by atoms with van der Waals surface area (Å²) in [5.41, 5.74) is 0. The van der Waals surface area contributed by atoms with Gasteiger partial charge in [-0.05, 0) is 0 Å². The van der Waals surface area contributed by atoms with Gasteiger partial charge in [0.25, 0.3) is 0 Å². The maximum absolute atomic E-state index is 9.90. The van der Waals surface area contributed by atoms with Crippen molar-refractivity contribution in [3.8, 4) is 0 Å². The van der Waals surface area contributed by atoms with Crippen molar-refractivity contribution in [3.05, 3.63) is 0 Å². The van der Waals surface area contributed by atoms with Crippen molar-refractivity contribution in [2.24, 2.45) is 11.7 Å². The first kappa shape index (κ1) is 6.79. The van der Waals surface area contributed by atoms with Crippen LogP contribution in [0.25, 0.3) is 0 Å². The second-order valence-corrected chi connectivity index (χ2v) is 2.22. The molecule has 0 aromatic carbocycles. The van der Waals surface area contributed by atoms with E-state index in [0.717, 1.165) is 0 Å². The number of hydrogen-bond donors (Lipinski definition) is 4. The topological polar surface area (TPSA) is 110 Å². The standard InChI is InChI=1S/H6N4O2S/c1-3-7(5,6)4-2/h3-4H,1-2H2. The highest BCUT2D eigenvalue weighted by Crippen LogP contribution is 1.58. The zero-order valence-corrected chi connectivity index (χ0v) is 4.20. The van der Waals surface area contributed by atoms with Gasteiger partial charge in [-0.3, -0.25) is 11.7 Å². The molecule has 0 aliphatic carbocycles. The average Bonchev–Trinajstić information content (AvgIpc) is 1.68. The van der Waals surface area contributed by atoms with Crippen LogP contribution in [0.15, 0.2) is 0 Å². The summed E-state index contributed by atoms with van der Waals surface area (Å²) < 4.78 is 19.8. The molecule has 0 aliphatic heterocycles. The number of hydrogen-bond acceptors (Lipinski definition) is 4. The van der Waals surface area contributed by atoms with E-state index in [1.807, 2.05) is 0 Å². The Morgan fingerprint density at radius 2 is 1.43 bits per heavy atom. The molecule has 0 fully saturated rings. The van der Waals surface area contributed by atoms with E-state index in [-0.39, 0.29) is 0 Å². The molecule has 44 valence electrons. The summed E-state index contributed by atoms with van der Waals surface area (Å²) in [6.45, 7) is 0. The Morgan fingerprint density at radius 1 is 1.14 bits per heavy atom. The van der Waals surface area contributed by atoms with Crippen molar-refractivity contribution in [1.82, 2.24) is 9.66 Å². The maximum atomic E-state index is 9.90. The third kappa shape index (κ3) is 2.48. The van der Waals surface area contributed by atoms with E-state index in [0.29, 0.717) is 0 Å². The van der Waals surface area contributed by atoms with Crippen molar-refractivity contribution in [3.63, 3.8) is 0 Å². The van der Waals surface area contributed by atoms with Crippen LogP contribution in [0.4, 0.5) is 0 Å². The van der Waals surface area contributed by atoms with Gasteiger partial charge in [-0.1, -0.05) is 0 Å². The number of nitrogens with one attached hydrogen (secondary N) is 2. The van der Waals surface area contributed by atoms with Gasteiger partial charge in [0.05, 0.1) is 0 Å². The molecule has 0 heterocycles. The van der Waals surface area contributed by atoms with Gasteiger partial charge in [0.2, 0.25) is 0 Å². The Bertz CT molecular complexity index is 113. The zero-order chi connectivity index (χ0) is 5.91. The molecule has 7 heteroatoms. The van der Waals surface area contributed by atoms with E-state index in [4.69, 9.17) is 0 Å². The Morgan fingerprint density at radius 3 is 1.43 bits per heavy atom. The van der Waals surface area contributed by atoms with Crippen LogP contribution in [-0.4, -0.2) is 8.42 Å². The predicted octanol–water partition coefficient (Wildman–Crippen LogP) is -2.84. The van der Waals surface area contributed by atoms with Crippen LogP contribution in [0.3, 0.4) is 0 Å². The molecule has 0 aliphatic rings. The van der Waals surface area contributed by atoms with Crippen molar-refractivity contribution in [2.75, 3.05) is 0 Å². The first-order valence-corrected chi connectivity index (χ1v) is 2.80. The molecular formula is H6N4O2S. The third-order valence-electron chi connectivity index (χ3n) is 0.310. The largest absolute Gasteiger partial charge is 0.302 e. The van der Waals surface area contributed by atoms with E-state index in [1.165, 1.54) is 9.66 Å². The normalized spacial score (nSPS) is 11.7. The molecule has 6 nitrogen and oxygen atoms in total. The molecule has 6 N–H and O–H groups in total. The third-order valence-corrected chi connectivity index (χ3v) is 0.931. The highest BCUT2D eigenvalue weighted by molar-refractivity contribution is 7.87. The summed E-state index contributed by atoms with van der Waals surface area (Å²) in [4.78, 5) is 2.85. The highest BCUT2D eigenvalue weighted by atomic mass is 32.2. The van der Waals surface area contributed by atoms with Crippen LogP contribution in [0.1, 0.15) is 0 Å². The predicted molar refractivity (Wildman–Crippen MR) is 23.6 cm³/mol. The minimum absolute atomic E-state index is 1.43. The molecule has 7 heavy (non-hydrogen) atoms. The van der Waals surface area contributed by atoms with Crippen LogP contribution in [-0.2, 0) is 10.2 Å². The van der Waals surface area contributed by atoms with Crippen LogP contribution in [0, 0.1) is 0 Å². The molecule has 0 saturated heterocycles. The summed E-state index contributed by atoms with van der Waals surface area (Å²) >= 11 is 0. The summed E-state index contributed by atoms with van der Waals surface area (Å²) in [6, 6.07) is 0. The monoisotopic (exact) mass is 126 g/mol. The lowest BCUT2D eigenvalue weighted by Gasteiger charge is -1.94. The lowest BCUT2D eigenvalue weighted by molar-refractivity contribution is 0.571. The van der Waals surface area contributed by atoms with Crippen molar-refractivity contribution in [2.45, 2.75) is 0 Å². The van der Waals surface area contributed by atoms with E-state index in [1.54, 1.807) is 0 Å². The van der Waals surface area contributed by atoms with E-state index in [9.17, 15) is 8.42 Å². The van der Waals surface area contributed by atoms with Gasteiger partial charge in [-0.25, -0.2) is 0 Å². The Hall–Kier alpha value is -0.210. The van der Waals surface area contributed by atoms with Crippen LogP contribution in [0.2, 0.25) is 0 Å². The minimum atomic E-state index is -3.60. The first-order valence-electron chi connectivity index (χ1n) is 1.32. The van der Waals surface area contributed by atoms with Crippen LogP contribution in [0.5, 0.6) is 0 Å². The van der Waals surface area contributed by atoms with Crippen molar-refractivity contribution < 1.29 is 8.42 Å². The van der Waals surface area contributed by atoms with Gasteiger partial charge in [-0.15, -0.1) is 9.66 Å². The molecule has 0 unspecified atom stereocenters. The van der Waals surface area contributed by atoms with Crippen LogP contribution >= 0.6 is 0 Å². The molecule has 0 saturated carbocycles. The fourth-order valence-corrected chi connectivity index (χ4v) is 0.102.